The monoisotopic (exact) mass is 328 g/mol. The highest BCUT2D eigenvalue weighted by Crippen LogP contribution is 2.37. The molecule has 2 aromatic rings. The molecule has 2 heterocycles. The zero-order valence-corrected chi connectivity index (χ0v) is 14.1. The molecule has 2 N–H and O–H groups in total. The molecule has 1 aromatic carbocycles. The zero-order chi connectivity index (χ0) is 17.4. The number of amides is 1. The van der Waals surface area contributed by atoms with Crippen LogP contribution in [0.3, 0.4) is 0 Å². The molecular formula is C19H21FN2O2. The van der Waals surface area contributed by atoms with Gasteiger partial charge in [-0.15, -0.1) is 0 Å². The van der Waals surface area contributed by atoms with Gasteiger partial charge in [0, 0.05) is 11.1 Å². The summed E-state index contributed by atoms with van der Waals surface area (Å²) in [5, 5.41) is 0. The zero-order valence-electron chi connectivity index (χ0n) is 14.1. The van der Waals surface area contributed by atoms with E-state index in [9.17, 15) is 9.18 Å². The van der Waals surface area contributed by atoms with Crippen LogP contribution in [0.4, 0.5) is 4.39 Å². The SMILES string of the molecule is Cc1ccc(-c2cc(C(N)=O)nc3c2CC[C@H](C(C)C)O3)c(F)c1. The second-order valence-electron chi connectivity index (χ2n) is 6.63. The molecule has 0 spiro atoms. The maximum absolute atomic E-state index is 14.5. The van der Waals surface area contributed by atoms with E-state index in [0.29, 0.717) is 22.9 Å². The predicted molar refractivity (Wildman–Crippen MR) is 90.5 cm³/mol. The summed E-state index contributed by atoms with van der Waals surface area (Å²) in [5.41, 5.74) is 8.23. The average Bonchev–Trinajstić information content (AvgIpc) is 2.53. The molecule has 0 bridgehead atoms. The van der Waals surface area contributed by atoms with Crippen LogP contribution in [0.1, 0.15) is 41.9 Å². The summed E-state index contributed by atoms with van der Waals surface area (Å²) in [5.74, 6) is -0.255. The summed E-state index contributed by atoms with van der Waals surface area (Å²) >= 11 is 0. The van der Waals surface area contributed by atoms with E-state index in [1.54, 1.807) is 12.1 Å². The Hall–Kier alpha value is -2.43. The number of carbonyl (C=O) groups is 1. The molecule has 0 radical (unpaired) electrons. The fourth-order valence-electron chi connectivity index (χ4n) is 3.05. The number of benzene rings is 1. The van der Waals surface area contributed by atoms with Gasteiger partial charge in [0.15, 0.2) is 0 Å². The number of aryl methyl sites for hydroxylation is 1. The standard InChI is InChI=1S/C19H21FN2O2/c1-10(2)17-7-6-13-14(12-5-4-11(3)8-15(12)20)9-16(18(21)23)22-19(13)24-17/h4-5,8-10,17H,6-7H2,1-3H3,(H2,21,23)/t17-/m1/s1. The first kappa shape index (κ1) is 16.4. The van der Waals surface area contributed by atoms with Gasteiger partial charge in [0.05, 0.1) is 0 Å². The molecule has 0 aliphatic carbocycles. The molecule has 126 valence electrons. The number of pyridine rings is 1. The number of hydrogen-bond acceptors (Lipinski definition) is 3. The van der Waals surface area contributed by atoms with Gasteiger partial charge in [0.1, 0.15) is 17.6 Å². The minimum atomic E-state index is -0.651. The molecule has 1 amide bonds. The number of primary amides is 1. The summed E-state index contributed by atoms with van der Waals surface area (Å²) in [6.07, 6.45) is 1.60. The molecule has 3 rings (SSSR count). The molecule has 0 saturated carbocycles. The number of carbonyl (C=O) groups excluding carboxylic acids is 1. The lowest BCUT2D eigenvalue weighted by molar-refractivity contribution is 0.0985. The fraction of sp³-hybridized carbons (Fsp3) is 0.368. The van der Waals surface area contributed by atoms with Crippen LogP contribution in [0, 0.1) is 18.7 Å². The Morgan fingerprint density at radius 1 is 1.33 bits per heavy atom. The smallest absolute Gasteiger partial charge is 0.267 e. The number of ether oxygens (including phenoxy) is 1. The van der Waals surface area contributed by atoms with Gasteiger partial charge >= 0.3 is 0 Å². The van der Waals surface area contributed by atoms with E-state index in [2.05, 4.69) is 18.8 Å². The first-order valence-electron chi connectivity index (χ1n) is 8.13. The molecule has 5 heteroatoms. The number of fused-ring (bicyclic) bond motifs is 1. The highest BCUT2D eigenvalue weighted by molar-refractivity contribution is 5.93. The summed E-state index contributed by atoms with van der Waals surface area (Å²) in [6, 6.07) is 6.61. The molecule has 0 unspecified atom stereocenters. The van der Waals surface area contributed by atoms with Crippen molar-refractivity contribution < 1.29 is 13.9 Å². The maximum atomic E-state index is 14.5. The molecule has 1 aliphatic heterocycles. The lowest BCUT2D eigenvalue weighted by atomic mass is 9.91. The van der Waals surface area contributed by atoms with Crippen LogP contribution < -0.4 is 10.5 Å². The summed E-state index contributed by atoms with van der Waals surface area (Å²) in [4.78, 5) is 15.9. The van der Waals surface area contributed by atoms with Gasteiger partial charge in [0.25, 0.3) is 5.91 Å². The van der Waals surface area contributed by atoms with Crippen molar-refractivity contribution in [3.8, 4) is 17.0 Å². The van der Waals surface area contributed by atoms with Crippen molar-refractivity contribution in [1.82, 2.24) is 4.98 Å². The van der Waals surface area contributed by atoms with E-state index in [-0.39, 0.29) is 17.6 Å². The molecule has 1 aromatic heterocycles. The fourth-order valence-corrected chi connectivity index (χ4v) is 3.05. The van der Waals surface area contributed by atoms with Gasteiger partial charge < -0.3 is 10.5 Å². The van der Waals surface area contributed by atoms with Crippen molar-refractivity contribution >= 4 is 5.91 Å². The third-order valence-electron chi connectivity index (χ3n) is 4.44. The van der Waals surface area contributed by atoms with Crippen molar-refractivity contribution in [2.45, 2.75) is 39.7 Å². The van der Waals surface area contributed by atoms with Crippen LogP contribution in [-0.4, -0.2) is 17.0 Å². The second-order valence-corrected chi connectivity index (χ2v) is 6.63. The number of nitrogens with zero attached hydrogens (tertiary/aromatic N) is 1. The molecule has 1 aliphatic rings. The molecule has 0 fully saturated rings. The lowest BCUT2D eigenvalue weighted by Crippen LogP contribution is -2.29. The summed E-state index contributed by atoms with van der Waals surface area (Å²) in [6.45, 7) is 5.99. The van der Waals surface area contributed by atoms with Crippen molar-refractivity contribution in [3.63, 3.8) is 0 Å². The predicted octanol–water partition coefficient (Wildman–Crippen LogP) is 3.64. The third-order valence-corrected chi connectivity index (χ3v) is 4.44. The first-order valence-corrected chi connectivity index (χ1v) is 8.13. The van der Waals surface area contributed by atoms with Gasteiger partial charge in [-0.25, -0.2) is 9.37 Å². The minimum absolute atomic E-state index is 0.0313. The van der Waals surface area contributed by atoms with Crippen LogP contribution in [-0.2, 0) is 6.42 Å². The van der Waals surface area contributed by atoms with Gasteiger partial charge in [-0.3, -0.25) is 4.79 Å². The van der Waals surface area contributed by atoms with E-state index in [4.69, 9.17) is 10.5 Å². The Labute approximate surface area is 140 Å². The number of nitrogens with two attached hydrogens (primary N) is 1. The molecule has 4 nitrogen and oxygen atoms in total. The van der Waals surface area contributed by atoms with Gasteiger partial charge in [-0.05, 0) is 48.9 Å². The van der Waals surface area contributed by atoms with Gasteiger partial charge in [0.2, 0.25) is 5.88 Å². The third kappa shape index (κ3) is 2.98. The normalized spacial score (nSPS) is 16.6. The maximum Gasteiger partial charge on any atom is 0.267 e. The second kappa shape index (κ2) is 6.23. The first-order chi connectivity index (χ1) is 11.4. The van der Waals surface area contributed by atoms with E-state index >= 15 is 0 Å². The van der Waals surface area contributed by atoms with Crippen molar-refractivity contribution in [1.29, 1.82) is 0 Å². The molecule has 0 saturated heterocycles. The van der Waals surface area contributed by atoms with Gasteiger partial charge in [-0.2, -0.15) is 0 Å². The van der Waals surface area contributed by atoms with E-state index in [1.807, 2.05) is 13.0 Å². The van der Waals surface area contributed by atoms with Crippen LogP contribution in [0.15, 0.2) is 24.3 Å². The van der Waals surface area contributed by atoms with Crippen molar-refractivity contribution in [2.24, 2.45) is 11.7 Å². The Balaban J connectivity index is 2.17. The minimum Gasteiger partial charge on any atom is -0.474 e. The number of halogens is 1. The highest BCUT2D eigenvalue weighted by atomic mass is 19.1. The Morgan fingerprint density at radius 2 is 2.08 bits per heavy atom. The number of hydrogen-bond donors (Lipinski definition) is 1. The number of aromatic nitrogens is 1. The highest BCUT2D eigenvalue weighted by Gasteiger charge is 2.28. The van der Waals surface area contributed by atoms with Crippen LogP contribution in [0.2, 0.25) is 0 Å². The van der Waals surface area contributed by atoms with Crippen LogP contribution in [0.25, 0.3) is 11.1 Å². The van der Waals surface area contributed by atoms with E-state index in [0.717, 1.165) is 24.0 Å². The van der Waals surface area contributed by atoms with Gasteiger partial charge in [-0.1, -0.05) is 26.0 Å². The lowest BCUT2D eigenvalue weighted by Gasteiger charge is -2.29. The molecule has 24 heavy (non-hydrogen) atoms. The number of rotatable bonds is 3. The van der Waals surface area contributed by atoms with E-state index in [1.165, 1.54) is 6.07 Å². The van der Waals surface area contributed by atoms with Crippen LogP contribution in [0.5, 0.6) is 5.88 Å². The Bertz CT molecular complexity index is 802. The average molecular weight is 328 g/mol. The molecular weight excluding hydrogens is 307 g/mol. The summed E-state index contributed by atoms with van der Waals surface area (Å²) < 4.78 is 20.4. The summed E-state index contributed by atoms with van der Waals surface area (Å²) in [7, 11) is 0. The van der Waals surface area contributed by atoms with E-state index < -0.39 is 5.91 Å². The Kier molecular flexibility index (Phi) is 4.26. The van der Waals surface area contributed by atoms with Crippen molar-refractivity contribution in [3.05, 3.63) is 46.9 Å². The van der Waals surface area contributed by atoms with Crippen LogP contribution >= 0.6 is 0 Å². The largest absolute Gasteiger partial charge is 0.474 e. The molecule has 1 atom stereocenters. The quantitative estimate of drug-likeness (QED) is 0.935. The topological polar surface area (TPSA) is 65.2 Å². The Morgan fingerprint density at radius 3 is 2.71 bits per heavy atom. The van der Waals surface area contributed by atoms with Crippen molar-refractivity contribution in [2.75, 3.05) is 0 Å².